The van der Waals surface area contributed by atoms with Crippen molar-refractivity contribution in [2.75, 3.05) is 20.2 Å². The quantitative estimate of drug-likeness (QED) is 0.534. The molecule has 1 N–H and O–H groups in total. The summed E-state index contributed by atoms with van der Waals surface area (Å²) < 4.78 is 23.6. The van der Waals surface area contributed by atoms with Gasteiger partial charge in [-0.3, -0.25) is 19.3 Å². The molecular formula is C20H35FN2O5. The Bertz CT molecular complexity index is 531. The van der Waals surface area contributed by atoms with Crippen LogP contribution in [-0.4, -0.2) is 61.4 Å². The van der Waals surface area contributed by atoms with Crippen LogP contribution < -0.4 is 5.32 Å². The van der Waals surface area contributed by atoms with Crippen molar-refractivity contribution in [3.63, 3.8) is 0 Å². The molecule has 1 rings (SSSR count). The summed E-state index contributed by atoms with van der Waals surface area (Å²) in [4.78, 5) is 37.9. The van der Waals surface area contributed by atoms with Gasteiger partial charge in [-0.2, -0.15) is 0 Å². The predicted molar refractivity (Wildman–Crippen MR) is 103 cm³/mol. The van der Waals surface area contributed by atoms with Gasteiger partial charge < -0.3 is 14.8 Å². The Morgan fingerprint density at radius 1 is 1.18 bits per heavy atom. The highest BCUT2D eigenvalue weighted by Crippen LogP contribution is 2.28. The van der Waals surface area contributed by atoms with Gasteiger partial charge in [0, 0.05) is 32.5 Å². The molecule has 7 nitrogen and oxygen atoms in total. The van der Waals surface area contributed by atoms with Gasteiger partial charge in [-0.25, -0.2) is 4.39 Å². The average Bonchev–Trinajstić information content (AvgIpc) is 3.04. The topological polar surface area (TPSA) is 84.9 Å². The van der Waals surface area contributed by atoms with Gasteiger partial charge in [-0.05, 0) is 32.1 Å². The molecule has 8 heteroatoms. The second-order valence-corrected chi connectivity index (χ2v) is 7.60. The van der Waals surface area contributed by atoms with Gasteiger partial charge in [0.25, 0.3) is 0 Å². The van der Waals surface area contributed by atoms with Crippen LogP contribution in [0.3, 0.4) is 0 Å². The summed E-state index contributed by atoms with van der Waals surface area (Å²) >= 11 is 0. The van der Waals surface area contributed by atoms with Crippen LogP contribution in [0.2, 0.25) is 0 Å². The summed E-state index contributed by atoms with van der Waals surface area (Å²) in [5.74, 6) is -1.50. The van der Waals surface area contributed by atoms with E-state index in [1.54, 1.807) is 0 Å². The van der Waals surface area contributed by atoms with E-state index < -0.39 is 24.3 Å². The molecule has 28 heavy (non-hydrogen) atoms. The Morgan fingerprint density at radius 3 is 2.36 bits per heavy atom. The highest BCUT2D eigenvalue weighted by Gasteiger charge is 2.43. The van der Waals surface area contributed by atoms with Gasteiger partial charge in [0.1, 0.15) is 6.04 Å². The van der Waals surface area contributed by atoms with E-state index in [1.807, 2.05) is 18.7 Å². The normalized spacial score (nSPS) is 22.9. The number of likely N-dealkylation sites (tertiary alicyclic amines) is 1. The van der Waals surface area contributed by atoms with Crippen molar-refractivity contribution in [3.8, 4) is 0 Å². The third-order valence-corrected chi connectivity index (χ3v) is 5.24. The van der Waals surface area contributed by atoms with Crippen molar-refractivity contribution in [2.24, 2.45) is 11.8 Å². The molecule has 1 saturated heterocycles. The Kier molecular flexibility index (Phi) is 10.4. The molecule has 5 atom stereocenters. The molecule has 1 amide bonds. The Balaban J connectivity index is 2.92. The fraction of sp³-hybridized carbons (Fsp3) is 0.850. The van der Waals surface area contributed by atoms with E-state index in [1.165, 1.54) is 14.0 Å². The molecular weight excluding hydrogens is 367 g/mol. The first-order valence-electron chi connectivity index (χ1n) is 10.2. The number of methoxy groups -OCH3 is 1. The number of ether oxygens (including phenoxy) is 2. The molecule has 1 heterocycles. The molecule has 0 radical (unpaired) electrons. The number of hydrogen-bond donors (Lipinski definition) is 1. The lowest BCUT2D eigenvalue weighted by molar-refractivity contribution is -0.164. The zero-order chi connectivity index (χ0) is 21.3. The van der Waals surface area contributed by atoms with Crippen LogP contribution in [0.4, 0.5) is 4.39 Å². The minimum atomic E-state index is -1.64. The molecule has 0 saturated carbocycles. The maximum absolute atomic E-state index is 13.8. The second-order valence-electron chi connectivity index (χ2n) is 7.60. The van der Waals surface area contributed by atoms with Gasteiger partial charge in [-0.1, -0.05) is 20.3 Å². The standard InChI is InChI=1S/C20H35FN2O5/c1-6-8-15(13(3)22-14(4)24)11-23-12-16(19(25)27-5)10-17(23)20(26)28-18(21)9-7-2/h13,15-18H,6-12H2,1-5H3,(H,22,24)/t13?,15?,16-,17-,18?/m1/s1. The smallest absolute Gasteiger partial charge is 0.325 e. The van der Waals surface area contributed by atoms with Crippen LogP contribution in [0.1, 0.15) is 59.8 Å². The molecule has 162 valence electrons. The molecule has 1 aliphatic heterocycles. The SMILES string of the molecule is CCCC(F)OC(=O)[C@H]1C[C@@H](C(=O)OC)CN1CC(CCC)C(C)NC(C)=O. The highest BCUT2D eigenvalue weighted by atomic mass is 19.1. The molecule has 0 aromatic carbocycles. The molecule has 1 aliphatic rings. The number of esters is 2. The third-order valence-electron chi connectivity index (χ3n) is 5.24. The zero-order valence-corrected chi connectivity index (χ0v) is 17.7. The minimum absolute atomic E-state index is 0.0830. The molecule has 0 aliphatic carbocycles. The first-order chi connectivity index (χ1) is 13.2. The van der Waals surface area contributed by atoms with Crippen LogP contribution in [0.5, 0.6) is 0 Å². The largest absolute Gasteiger partial charge is 0.469 e. The number of nitrogens with zero attached hydrogens (tertiary/aromatic N) is 1. The summed E-state index contributed by atoms with van der Waals surface area (Å²) in [6.45, 7) is 8.13. The number of carbonyl (C=O) groups excluding carboxylic acids is 3. The summed E-state index contributed by atoms with van der Waals surface area (Å²) in [7, 11) is 1.32. The average molecular weight is 403 g/mol. The molecule has 0 spiro atoms. The first-order valence-corrected chi connectivity index (χ1v) is 10.2. The molecule has 3 unspecified atom stereocenters. The molecule has 1 fully saturated rings. The van der Waals surface area contributed by atoms with E-state index in [4.69, 9.17) is 9.47 Å². The number of alkyl halides is 1. The predicted octanol–water partition coefficient (Wildman–Crippen LogP) is 2.43. The second kappa shape index (κ2) is 12.0. The lowest BCUT2D eigenvalue weighted by atomic mass is 9.95. The van der Waals surface area contributed by atoms with Crippen molar-refractivity contribution >= 4 is 17.8 Å². The maximum atomic E-state index is 13.8. The Labute approximate surface area is 167 Å². The summed E-state index contributed by atoms with van der Waals surface area (Å²) in [6, 6.07) is -0.775. The number of nitrogens with one attached hydrogen (secondary N) is 1. The lowest BCUT2D eigenvalue weighted by Crippen LogP contribution is -2.46. The Hall–Kier alpha value is -1.70. The third kappa shape index (κ3) is 7.37. The van der Waals surface area contributed by atoms with E-state index >= 15 is 0 Å². The summed E-state index contributed by atoms with van der Waals surface area (Å²) in [5, 5.41) is 2.91. The van der Waals surface area contributed by atoms with E-state index in [-0.39, 0.29) is 36.7 Å². The van der Waals surface area contributed by atoms with Gasteiger partial charge in [0.05, 0.1) is 13.0 Å². The van der Waals surface area contributed by atoms with Gasteiger partial charge in [-0.15, -0.1) is 0 Å². The first kappa shape index (κ1) is 24.3. The number of carbonyl (C=O) groups is 3. The zero-order valence-electron chi connectivity index (χ0n) is 17.7. The monoisotopic (exact) mass is 402 g/mol. The Morgan fingerprint density at radius 2 is 1.82 bits per heavy atom. The van der Waals surface area contributed by atoms with Crippen molar-refractivity contribution < 1.29 is 28.2 Å². The lowest BCUT2D eigenvalue weighted by Gasteiger charge is -2.31. The minimum Gasteiger partial charge on any atom is -0.469 e. The van der Waals surface area contributed by atoms with Crippen LogP contribution >= 0.6 is 0 Å². The van der Waals surface area contributed by atoms with Crippen LogP contribution in [-0.2, 0) is 23.9 Å². The molecule has 0 aromatic heterocycles. The fourth-order valence-electron chi connectivity index (χ4n) is 3.79. The van der Waals surface area contributed by atoms with E-state index in [0.717, 1.165) is 12.8 Å². The highest BCUT2D eigenvalue weighted by molar-refractivity contribution is 5.80. The van der Waals surface area contributed by atoms with Crippen molar-refractivity contribution in [2.45, 2.75) is 78.2 Å². The summed E-state index contributed by atoms with van der Waals surface area (Å²) in [5.41, 5.74) is 0. The van der Waals surface area contributed by atoms with Gasteiger partial charge in [0.2, 0.25) is 12.3 Å². The fourth-order valence-corrected chi connectivity index (χ4v) is 3.79. The number of hydrogen-bond acceptors (Lipinski definition) is 6. The van der Waals surface area contributed by atoms with Crippen LogP contribution in [0.15, 0.2) is 0 Å². The van der Waals surface area contributed by atoms with Gasteiger partial charge >= 0.3 is 11.9 Å². The van der Waals surface area contributed by atoms with Crippen LogP contribution in [0.25, 0.3) is 0 Å². The number of rotatable bonds is 11. The maximum Gasteiger partial charge on any atom is 0.325 e. The van der Waals surface area contributed by atoms with E-state index in [0.29, 0.717) is 19.5 Å². The van der Waals surface area contributed by atoms with E-state index in [2.05, 4.69) is 12.2 Å². The number of halogens is 1. The van der Waals surface area contributed by atoms with Crippen molar-refractivity contribution in [3.05, 3.63) is 0 Å². The van der Waals surface area contributed by atoms with Gasteiger partial charge in [0.15, 0.2) is 0 Å². The molecule has 0 bridgehead atoms. The van der Waals surface area contributed by atoms with Crippen molar-refractivity contribution in [1.29, 1.82) is 0 Å². The van der Waals surface area contributed by atoms with E-state index in [9.17, 15) is 18.8 Å². The summed E-state index contributed by atoms with van der Waals surface area (Å²) in [6.07, 6.45) is 1.10. The van der Waals surface area contributed by atoms with Crippen molar-refractivity contribution in [1.82, 2.24) is 10.2 Å². The van der Waals surface area contributed by atoms with Crippen LogP contribution in [0, 0.1) is 11.8 Å². The number of amides is 1. The molecule has 0 aromatic rings.